The largest absolute Gasteiger partial charge is 0.298 e. The van der Waals surface area contributed by atoms with Gasteiger partial charge in [0.25, 0.3) is 5.56 Å². The van der Waals surface area contributed by atoms with E-state index in [1.807, 2.05) is 13.1 Å². The average Bonchev–Trinajstić information content (AvgIpc) is 2.48. The Bertz CT molecular complexity index is 727. The standard InChI is InChI=1S/C18H25N3O/c1-13(2)16-9-14(3)11-21-17(22)10-15(19-18(16)21)12-20-7-5-4-6-8-20/h9-11,13H,4-8,12H2,1-3H3. The van der Waals surface area contributed by atoms with Gasteiger partial charge in [-0.3, -0.25) is 14.1 Å². The topological polar surface area (TPSA) is 37.6 Å². The Morgan fingerprint density at radius 1 is 1.18 bits per heavy atom. The van der Waals surface area contributed by atoms with Gasteiger partial charge < -0.3 is 0 Å². The molecular formula is C18H25N3O. The van der Waals surface area contributed by atoms with Crippen molar-refractivity contribution in [2.45, 2.75) is 52.5 Å². The van der Waals surface area contributed by atoms with Crippen LogP contribution in [-0.4, -0.2) is 27.4 Å². The molecule has 1 saturated heterocycles. The monoisotopic (exact) mass is 299 g/mol. The molecule has 0 aliphatic carbocycles. The normalized spacial score (nSPS) is 16.5. The molecule has 4 heteroatoms. The number of rotatable bonds is 3. The van der Waals surface area contributed by atoms with Gasteiger partial charge in [-0.25, -0.2) is 4.98 Å². The van der Waals surface area contributed by atoms with Crippen LogP contribution >= 0.6 is 0 Å². The van der Waals surface area contributed by atoms with Gasteiger partial charge in [0, 0.05) is 18.8 Å². The van der Waals surface area contributed by atoms with Gasteiger partial charge in [-0.05, 0) is 49.9 Å². The summed E-state index contributed by atoms with van der Waals surface area (Å²) in [4.78, 5) is 19.7. The van der Waals surface area contributed by atoms with E-state index >= 15 is 0 Å². The van der Waals surface area contributed by atoms with Gasteiger partial charge >= 0.3 is 0 Å². The molecule has 1 aliphatic heterocycles. The first kappa shape index (κ1) is 15.2. The number of fused-ring (bicyclic) bond motifs is 1. The van der Waals surface area contributed by atoms with Crippen LogP contribution < -0.4 is 5.56 Å². The minimum absolute atomic E-state index is 0.0302. The Morgan fingerprint density at radius 3 is 2.59 bits per heavy atom. The van der Waals surface area contributed by atoms with Gasteiger partial charge in [-0.15, -0.1) is 0 Å². The van der Waals surface area contributed by atoms with Crippen LogP contribution in [-0.2, 0) is 6.54 Å². The highest BCUT2D eigenvalue weighted by Crippen LogP contribution is 2.20. The molecule has 0 bridgehead atoms. The number of aryl methyl sites for hydroxylation is 1. The molecule has 22 heavy (non-hydrogen) atoms. The minimum atomic E-state index is 0.0302. The highest BCUT2D eigenvalue weighted by Gasteiger charge is 2.14. The molecule has 3 rings (SSSR count). The molecule has 2 aromatic rings. The fraction of sp³-hybridized carbons (Fsp3) is 0.556. The predicted octanol–water partition coefficient (Wildman–Crippen LogP) is 3.11. The van der Waals surface area contributed by atoms with E-state index in [0.29, 0.717) is 5.92 Å². The Kier molecular flexibility index (Phi) is 4.30. The van der Waals surface area contributed by atoms with Crippen molar-refractivity contribution in [1.29, 1.82) is 0 Å². The molecule has 0 aromatic carbocycles. The van der Waals surface area contributed by atoms with Crippen LogP contribution in [0.4, 0.5) is 0 Å². The zero-order chi connectivity index (χ0) is 15.7. The highest BCUT2D eigenvalue weighted by atomic mass is 16.1. The van der Waals surface area contributed by atoms with E-state index in [0.717, 1.165) is 42.1 Å². The van der Waals surface area contributed by atoms with Gasteiger partial charge in [0.15, 0.2) is 0 Å². The molecule has 0 spiro atoms. The average molecular weight is 299 g/mol. The number of nitrogens with zero attached hydrogens (tertiary/aromatic N) is 3. The molecule has 1 aliphatic rings. The molecule has 0 radical (unpaired) electrons. The third-order valence-corrected chi connectivity index (χ3v) is 4.44. The number of hydrogen-bond donors (Lipinski definition) is 0. The molecule has 3 heterocycles. The van der Waals surface area contributed by atoms with Crippen molar-refractivity contribution in [3.63, 3.8) is 0 Å². The predicted molar refractivity (Wildman–Crippen MR) is 89.4 cm³/mol. The second-order valence-corrected chi connectivity index (χ2v) is 6.74. The van der Waals surface area contributed by atoms with Gasteiger partial charge in [-0.1, -0.05) is 26.3 Å². The lowest BCUT2D eigenvalue weighted by molar-refractivity contribution is 0.218. The lowest BCUT2D eigenvalue weighted by Crippen LogP contribution is -2.30. The Balaban J connectivity index is 2.04. The summed E-state index contributed by atoms with van der Waals surface area (Å²) >= 11 is 0. The summed E-state index contributed by atoms with van der Waals surface area (Å²) < 4.78 is 1.70. The molecule has 0 N–H and O–H groups in total. The first-order chi connectivity index (χ1) is 10.5. The van der Waals surface area contributed by atoms with Crippen molar-refractivity contribution in [3.05, 3.63) is 45.5 Å². The highest BCUT2D eigenvalue weighted by molar-refractivity contribution is 5.51. The summed E-state index contributed by atoms with van der Waals surface area (Å²) in [5, 5.41) is 0. The van der Waals surface area contributed by atoms with Crippen molar-refractivity contribution in [3.8, 4) is 0 Å². The molecule has 1 fully saturated rings. The van der Waals surface area contributed by atoms with Crippen molar-refractivity contribution in [2.75, 3.05) is 13.1 Å². The number of hydrogen-bond acceptors (Lipinski definition) is 3. The zero-order valence-electron chi connectivity index (χ0n) is 13.8. The van der Waals surface area contributed by atoms with Crippen LogP contribution in [0.2, 0.25) is 0 Å². The van der Waals surface area contributed by atoms with Crippen LogP contribution in [0.15, 0.2) is 23.1 Å². The smallest absolute Gasteiger partial charge is 0.258 e. The Hall–Kier alpha value is -1.68. The first-order valence-electron chi connectivity index (χ1n) is 8.30. The minimum Gasteiger partial charge on any atom is -0.298 e. The number of likely N-dealkylation sites (tertiary alicyclic amines) is 1. The van der Waals surface area contributed by atoms with E-state index in [1.165, 1.54) is 19.3 Å². The molecule has 4 nitrogen and oxygen atoms in total. The van der Waals surface area contributed by atoms with Gasteiger partial charge in [0.1, 0.15) is 5.65 Å². The fourth-order valence-electron chi connectivity index (χ4n) is 3.27. The van der Waals surface area contributed by atoms with Crippen LogP contribution in [0.3, 0.4) is 0 Å². The van der Waals surface area contributed by atoms with E-state index in [9.17, 15) is 4.79 Å². The zero-order valence-corrected chi connectivity index (χ0v) is 13.8. The lowest BCUT2D eigenvalue weighted by Gasteiger charge is -2.26. The second-order valence-electron chi connectivity index (χ2n) is 6.74. The summed E-state index contributed by atoms with van der Waals surface area (Å²) in [5.41, 5.74) is 4.00. The van der Waals surface area contributed by atoms with Crippen LogP contribution in [0, 0.1) is 6.92 Å². The SMILES string of the molecule is Cc1cc(C(C)C)c2nc(CN3CCCCC3)cc(=O)n2c1. The first-order valence-corrected chi connectivity index (χ1v) is 8.30. The van der Waals surface area contributed by atoms with Crippen LogP contribution in [0.1, 0.15) is 55.8 Å². The summed E-state index contributed by atoms with van der Waals surface area (Å²) in [6.45, 7) is 9.35. The third-order valence-electron chi connectivity index (χ3n) is 4.44. The Morgan fingerprint density at radius 2 is 1.91 bits per heavy atom. The maximum absolute atomic E-state index is 12.5. The molecule has 0 amide bonds. The molecule has 0 unspecified atom stereocenters. The quantitative estimate of drug-likeness (QED) is 0.874. The number of piperidine rings is 1. The van der Waals surface area contributed by atoms with E-state index in [2.05, 4.69) is 24.8 Å². The van der Waals surface area contributed by atoms with Crippen LogP contribution in [0.5, 0.6) is 0 Å². The molecule has 0 saturated carbocycles. The van der Waals surface area contributed by atoms with E-state index < -0.39 is 0 Å². The van der Waals surface area contributed by atoms with Crippen LogP contribution in [0.25, 0.3) is 5.65 Å². The second kappa shape index (κ2) is 6.21. The maximum atomic E-state index is 12.5. The Labute approximate surface area is 131 Å². The third kappa shape index (κ3) is 3.07. The van der Waals surface area contributed by atoms with E-state index in [1.54, 1.807) is 10.5 Å². The summed E-state index contributed by atoms with van der Waals surface area (Å²) in [5.74, 6) is 0.354. The molecular weight excluding hydrogens is 274 g/mol. The van der Waals surface area contributed by atoms with Crippen molar-refractivity contribution < 1.29 is 0 Å². The van der Waals surface area contributed by atoms with Gasteiger partial charge in [0.05, 0.1) is 5.69 Å². The lowest BCUT2D eigenvalue weighted by atomic mass is 10.0. The molecule has 118 valence electrons. The van der Waals surface area contributed by atoms with Crippen molar-refractivity contribution in [1.82, 2.24) is 14.3 Å². The van der Waals surface area contributed by atoms with Gasteiger partial charge in [-0.2, -0.15) is 0 Å². The fourth-order valence-corrected chi connectivity index (χ4v) is 3.27. The van der Waals surface area contributed by atoms with E-state index in [4.69, 9.17) is 4.98 Å². The number of pyridine rings is 1. The summed E-state index contributed by atoms with van der Waals surface area (Å²) in [6, 6.07) is 3.85. The summed E-state index contributed by atoms with van der Waals surface area (Å²) in [7, 11) is 0. The van der Waals surface area contributed by atoms with Gasteiger partial charge in [0.2, 0.25) is 0 Å². The van der Waals surface area contributed by atoms with Crippen molar-refractivity contribution >= 4 is 5.65 Å². The molecule has 2 aromatic heterocycles. The molecule has 0 atom stereocenters. The maximum Gasteiger partial charge on any atom is 0.258 e. The van der Waals surface area contributed by atoms with E-state index in [-0.39, 0.29) is 5.56 Å². The van der Waals surface area contributed by atoms with Crippen molar-refractivity contribution in [2.24, 2.45) is 0 Å². The summed E-state index contributed by atoms with van der Waals surface area (Å²) in [6.07, 6.45) is 5.72. The number of aromatic nitrogens is 2.